The van der Waals surface area contributed by atoms with Gasteiger partial charge in [-0.15, -0.1) is 10.2 Å². The van der Waals surface area contributed by atoms with Crippen LogP contribution in [0, 0.1) is 5.92 Å². The lowest BCUT2D eigenvalue weighted by Crippen LogP contribution is -2.36. The van der Waals surface area contributed by atoms with Crippen molar-refractivity contribution in [3.05, 3.63) is 12.2 Å². The quantitative estimate of drug-likeness (QED) is 0.794. The molecule has 0 spiro atoms. The summed E-state index contributed by atoms with van der Waals surface area (Å²) in [5.41, 5.74) is 0. The van der Waals surface area contributed by atoms with Crippen LogP contribution in [-0.4, -0.2) is 46.3 Å². The van der Waals surface area contributed by atoms with E-state index in [0.717, 1.165) is 24.8 Å². The highest BCUT2D eigenvalue weighted by Crippen LogP contribution is 2.17. The summed E-state index contributed by atoms with van der Waals surface area (Å²) < 4.78 is 2.00. The fourth-order valence-corrected chi connectivity index (χ4v) is 2.29. The second kappa shape index (κ2) is 5.41. The Morgan fingerprint density at radius 3 is 2.75 bits per heavy atom. The molecule has 5 nitrogen and oxygen atoms in total. The van der Waals surface area contributed by atoms with E-state index >= 15 is 0 Å². The van der Waals surface area contributed by atoms with Crippen LogP contribution in [0.2, 0.25) is 0 Å². The van der Waals surface area contributed by atoms with Gasteiger partial charge in [0.25, 0.3) is 0 Å². The zero-order valence-electron chi connectivity index (χ0n) is 10.2. The van der Waals surface area contributed by atoms with Crippen molar-refractivity contribution in [1.82, 2.24) is 25.0 Å². The molecule has 1 aliphatic heterocycles. The predicted molar refractivity (Wildman–Crippen MR) is 62.9 cm³/mol. The fourth-order valence-electron chi connectivity index (χ4n) is 2.29. The van der Waals surface area contributed by atoms with Gasteiger partial charge in [-0.25, -0.2) is 0 Å². The van der Waals surface area contributed by atoms with E-state index in [4.69, 9.17) is 0 Å². The van der Waals surface area contributed by atoms with Crippen LogP contribution in [0.25, 0.3) is 0 Å². The lowest BCUT2D eigenvalue weighted by molar-refractivity contribution is 0.172. The van der Waals surface area contributed by atoms with E-state index < -0.39 is 0 Å². The van der Waals surface area contributed by atoms with Gasteiger partial charge in [-0.2, -0.15) is 0 Å². The zero-order valence-corrected chi connectivity index (χ0v) is 10.2. The topological polar surface area (TPSA) is 46.0 Å². The first kappa shape index (κ1) is 11.5. The normalized spacial score (nSPS) is 19.1. The van der Waals surface area contributed by atoms with Gasteiger partial charge in [0.05, 0.1) is 6.54 Å². The molecule has 0 unspecified atom stereocenters. The van der Waals surface area contributed by atoms with Gasteiger partial charge < -0.3 is 9.88 Å². The number of likely N-dealkylation sites (tertiary alicyclic amines) is 1. The molecule has 90 valence electrons. The van der Waals surface area contributed by atoms with Crippen LogP contribution in [0.15, 0.2) is 6.33 Å². The Kier molecular flexibility index (Phi) is 3.90. The van der Waals surface area contributed by atoms with E-state index in [2.05, 4.69) is 20.4 Å². The number of aryl methyl sites for hydroxylation is 1. The molecule has 1 aromatic heterocycles. The SMILES string of the molecule is CNCC1CCN(Cc2nncn2C)CC1. The van der Waals surface area contributed by atoms with Crippen molar-refractivity contribution in [3.63, 3.8) is 0 Å². The summed E-state index contributed by atoms with van der Waals surface area (Å²) in [6.45, 7) is 4.44. The second-order valence-corrected chi connectivity index (χ2v) is 4.64. The maximum absolute atomic E-state index is 4.12. The highest BCUT2D eigenvalue weighted by Gasteiger charge is 2.19. The molecule has 0 bridgehead atoms. The molecule has 2 heterocycles. The van der Waals surface area contributed by atoms with Crippen molar-refractivity contribution in [2.75, 3.05) is 26.7 Å². The van der Waals surface area contributed by atoms with Crippen molar-refractivity contribution in [1.29, 1.82) is 0 Å². The van der Waals surface area contributed by atoms with E-state index in [0.29, 0.717) is 0 Å². The van der Waals surface area contributed by atoms with Gasteiger partial charge in [-0.3, -0.25) is 4.90 Å². The van der Waals surface area contributed by atoms with Crippen molar-refractivity contribution < 1.29 is 0 Å². The molecule has 0 saturated carbocycles. The van der Waals surface area contributed by atoms with Gasteiger partial charge in [0.2, 0.25) is 0 Å². The highest BCUT2D eigenvalue weighted by atomic mass is 15.3. The average molecular weight is 223 g/mol. The van der Waals surface area contributed by atoms with E-state index in [1.54, 1.807) is 6.33 Å². The summed E-state index contributed by atoms with van der Waals surface area (Å²) in [5.74, 6) is 1.91. The van der Waals surface area contributed by atoms with Crippen LogP contribution in [0.4, 0.5) is 0 Å². The Hall–Kier alpha value is -0.940. The first-order valence-corrected chi connectivity index (χ1v) is 5.99. The zero-order chi connectivity index (χ0) is 11.4. The number of nitrogens with zero attached hydrogens (tertiary/aromatic N) is 4. The minimum Gasteiger partial charge on any atom is -0.320 e. The van der Waals surface area contributed by atoms with Crippen molar-refractivity contribution in [2.45, 2.75) is 19.4 Å². The Morgan fingerprint density at radius 2 is 2.19 bits per heavy atom. The molecule has 0 aromatic carbocycles. The number of nitrogens with one attached hydrogen (secondary N) is 1. The lowest BCUT2D eigenvalue weighted by Gasteiger charge is -2.31. The first-order valence-electron chi connectivity index (χ1n) is 5.99. The van der Waals surface area contributed by atoms with E-state index in [9.17, 15) is 0 Å². The fraction of sp³-hybridized carbons (Fsp3) is 0.818. The number of hydrogen-bond acceptors (Lipinski definition) is 4. The molecule has 5 heteroatoms. The van der Waals surface area contributed by atoms with Gasteiger partial charge >= 0.3 is 0 Å². The van der Waals surface area contributed by atoms with Gasteiger partial charge in [0, 0.05) is 7.05 Å². The third-order valence-electron chi connectivity index (χ3n) is 3.37. The van der Waals surface area contributed by atoms with Crippen molar-refractivity contribution in [3.8, 4) is 0 Å². The maximum Gasteiger partial charge on any atom is 0.146 e. The first-order chi connectivity index (χ1) is 7.79. The number of aromatic nitrogens is 3. The van der Waals surface area contributed by atoms with Gasteiger partial charge in [-0.05, 0) is 45.4 Å². The molecule has 1 N–H and O–H groups in total. The molecule has 1 saturated heterocycles. The summed E-state index contributed by atoms with van der Waals surface area (Å²) in [7, 11) is 4.04. The van der Waals surface area contributed by atoms with Crippen LogP contribution in [0.1, 0.15) is 18.7 Å². The largest absolute Gasteiger partial charge is 0.320 e. The maximum atomic E-state index is 4.12. The van der Waals surface area contributed by atoms with Crippen molar-refractivity contribution >= 4 is 0 Å². The number of hydrogen-bond donors (Lipinski definition) is 1. The molecule has 16 heavy (non-hydrogen) atoms. The molecule has 2 rings (SSSR count). The van der Waals surface area contributed by atoms with Gasteiger partial charge in [-0.1, -0.05) is 0 Å². The predicted octanol–water partition coefficient (Wildman–Crippen LogP) is 0.246. The van der Waals surface area contributed by atoms with E-state index in [1.807, 2.05) is 18.7 Å². The second-order valence-electron chi connectivity index (χ2n) is 4.64. The summed E-state index contributed by atoms with van der Waals surface area (Å²) in [4.78, 5) is 2.47. The van der Waals surface area contributed by atoms with Gasteiger partial charge in [0.15, 0.2) is 0 Å². The smallest absolute Gasteiger partial charge is 0.146 e. The molecule has 1 fully saturated rings. The summed E-state index contributed by atoms with van der Waals surface area (Å²) in [6.07, 6.45) is 4.35. The van der Waals surface area contributed by atoms with Crippen LogP contribution >= 0.6 is 0 Å². The van der Waals surface area contributed by atoms with E-state index in [1.165, 1.54) is 25.9 Å². The Balaban J connectivity index is 1.79. The highest BCUT2D eigenvalue weighted by molar-refractivity contribution is 4.85. The Bertz CT molecular complexity index is 314. The minimum absolute atomic E-state index is 0.848. The molecule has 0 atom stereocenters. The monoisotopic (exact) mass is 223 g/mol. The lowest BCUT2D eigenvalue weighted by atomic mass is 9.97. The van der Waals surface area contributed by atoms with Crippen LogP contribution in [-0.2, 0) is 13.6 Å². The molecule has 0 amide bonds. The molecular formula is C11H21N5. The molecule has 0 radical (unpaired) electrons. The minimum atomic E-state index is 0.848. The Labute approximate surface area is 96.8 Å². The summed E-state index contributed by atoms with van der Waals surface area (Å²) >= 11 is 0. The number of rotatable bonds is 4. The van der Waals surface area contributed by atoms with Crippen LogP contribution < -0.4 is 5.32 Å². The standard InChI is InChI=1S/C11H21N5/c1-12-7-10-3-5-16(6-4-10)8-11-14-13-9-15(11)2/h9-10,12H,3-8H2,1-2H3. The average Bonchev–Trinajstić information content (AvgIpc) is 2.68. The third kappa shape index (κ3) is 2.80. The number of piperidine rings is 1. The van der Waals surface area contributed by atoms with Crippen LogP contribution in [0.5, 0.6) is 0 Å². The van der Waals surface area contributed by atoms with Crippen molar-refractivity contribution in [2.24, 2.45) is 13.0 Å². The molecule has 1 aromatic rings. The Morgan fingerprint density at radius 1 is 1.44 bits per heavy atom. The summed E-state index contributed by atoms with van der Waals surface area (Å²) in [5, 5.41) is 11.3. The van der Waals surface area contributed by atoms with Crippen LogP contribution in [0.3, 0.4) is 0 Å². The van der Waals surface area contributed by atoms with E-state index in [-0.39, 0.29) is 0 Å². The molecule has 0 aliphatic carbocycles. The molecule has 1 aliphatic rings. The third-order valence-corrected chi connectivity index (χ3v) is 3.37. The molecular weight excluding hydrogens is 202 g/mol. The summed E-state index contributed by atoms with van der Waals surface area (Å²) in [6, 6.07) is 0. The van der Waals surface area contributed by atoms with Gasteiger partial charge in [0.1, 0.15) is 12.2 Å².